The van der Waals surface area contributed by atoms with Gasteiger partial charge in [0.2, 0.25) is 0 Å². The first-order chi connectivity index (χ1) is 8.50. The number of benzene rings is 1. The number of allylic oxidation sites excluding steroid dienone is 3. The van der Waals surface area contributed by atoms with E-state index >= 15 is 0 Å². The summed E-state index contributed by atoms with van der Waals surface area (Å²) in [5.41, 5.74) is 3.04. The van der Waals surface area contributed by atoms with E-state index in [4.69, 9.17) is 0 Å². The SMILES string of the molecule is C=C(C)[C@@H]1CCC(C)=C[C@H]1c1c(O)cccc1O. The Kier molecular flexibility index (Phi) is 3.46. The Hall–Kier alpha value is -1.70. The van der Waals surface area contributed by atoms with Crippen molar-refractivity contribution in [1.29, 1.82) is 0 Å². The lowest BCUT2D eigenvalue weighted by molar-refractivity contribution is 0.407. The Labute approximate surface area is 108 Å². The molecule has 0 unspecified atom stereocenters. The van der Waals surface area contributed by atoms with Crippen LogP contribution in [-0.2, 0) is 0 Å². The predicted octanol–water partition coefficient (Wildman–Crippen LogP) is 4.11. The van der Waals surface area contributed by atoms with Crippen LogP contribution in [0.3, 0.4) is 0 Å². The Morgan fingerprint density at radius 1 is 1.28 bits per heavy atom. The molecule has 0 saturated carbocycles. The zero-order chi connectivity index (χ0) is 13.3. The average molecular weight is 244 g/mol. The lowest BCUT2D eigenvalue weighted by Crippen LogP contribution is -2.17. The van der Waals surface area contributed by atoms with Gasteiger partial charge in [-0.15, -0.1) is 0 Å². The molecule has 2 N–H and O–H groups in total. The van der Waals surface area contributed by atoms with Crippen LogP contribution >= 0.6 is 0 Å². The summed E-state index contributed by atoms with van der Waals surface area (Å²) in [6.45, 7) is 8.16. The maximum absolute atomic E-state index is 10.0. The monoisotopic (exact) mass is 244 g/mol. The summed E-state index contributed by atoms with van der Waals surface area (Å²) < 4.78 is 0. The molecule has 0 heterocycles. The van der Waals surface area contributed by atoms with Crippen LogP contribution in [0.1, 0.15) is 38.2 Å². The summed E-state index contributed by atoms with van der Waals surface area (Å²) in [4.78, 5) is 0. The van der Waals surface area contributed by atoms with Crippen LogP contribution in [0.15, 0.2) is 42.0 Å². The smallest absolute Gasteiger partial charge is 0.123 e. The topological polar surface area (TPSA) is 40.5 Å². The van der Waals surface area contributed by atoms with Crippen molar-refractivity contribution in [3.8, 4) is 11.5 Å². The minimum atomic E-state index is 0.0254. The van der Waals surface area contributed by atoms with Crippen molar-refractivity contribution in [1.82, 2.24) is 0 Å². The van der Waals surface area contributed by atoms with Crippen LogP contribution in [0.25, 0.3) is 0 Å². The maximum Gasteiger partial charge on any atom is 0.123 e. The summed E-state index contributed by atoms with van der Waals surface area (Å²) in [6, 6.07) is 4.91. The second kappa shape index (κ2) is 4.89. The molecule has 1 aliphatic carbocycles. The number of rotatable bonds is 2. The molecule has 2 rings (SSSR count). The fraction of sp³-hybridized carbons (Fsp3) is 0.375. The van der Waals surface area contributed by atoms with Gasteiger partial charge in [0.05, 0.1) is 0 Å². The molecule has 0 radical (unpaired) electrons. The van der Waals surface area contributed by atoms with E-state index in [1.54, 1.807) is 18.2 Å². The molecule has 0 saturated heterocycles. The van der Waals surface area contributed by atoms with Crippen molar-refractivity contribution < 1.29 is 10.2 Å². The van der Waals surface area contributed by atoms with E-state index in [1.807, 2.05) is 6.92 Å². The molecular weight excluding hydrogens is 224 g/mol. The summed E-state index contributed by atoms with van der Waals surface area (Å²) in [6.07, 6.45) is 4.23. The van der Waals surface area contributed by atoms with Gasteiger partial charge in [0.1, 0.15) is 11.5 Å². The van der Waals surface area contributed by atoms with Crippen LogP contribution < -0.4 is 0 Å². The molecular formula is C16H20O2. The van der Waals surface area contributed by atoms with Crippen LogP contribution in [0, 0.1) is 5.92 Å². The molecule has 1 aromatic carbocycles. The van der Waals surface area contributed by atoms with Crippen LogP contribution in [0.4, 0.5) is 0 Å². The van der Waals surface area contributed by atoms with Crippen LogP contribution in [0.2, 0.25) is 0 Å². The molecule has 0 spiro atoms. The molecule has 0 bridgehead atoms. The van der Waals surface area contributed by atoms with Gasteiger partial charge in [-0.2, -0.15) is 0 Å². The number of phenolic OH excluding ortho intramolecular Hbond substituents is 2. The lowest BCUT2D eigenvalue weighted by atomic mass is 9.74. The van der Waals surface area contributed by atoms with Crippen molar-refractivity contribution >= 4 is 0 Å². The van der Waals surface area contributed by atoms with Gasteiger partial charge in [-0.25, -0.2) is 0 Å². The summed E-state index contributed by atoms with van der Waals surface area (Å²) in [5, 5.41) is 20.0. The quantitative estimate of drug-likeness (QED) is 0.768. The Morgan fingerprint density at radius 3 is 2.44 bits per heavy atom. The van der Waals surface area contributed by atoms with E-state index in [0.717, 1.165) is 18.4 Å². The van der Waals surface area contributed by atoms with Crippen molar-refractivity contribution in [2.75, 3.05) is 0 Å². The van der Waals surface area contributed by atoms with Gasteiger partial charge in [-0.05, 0) is 44.7 Å². The Morgan fingerprint density at radius 2 is 1.89 bits per heavy atom. The van der Waals surface area contributed by atoms with Crippen molar-refractivity contribution in [3.63, 3.8) is 0 Å². The van der Waals surface area contributed by atoms with Crippen LogP contribution in [-0.4, -0.2) is 10.2 Å². The first-order valence-corrected chi connectivity index (χ1v) is 6.34. The maximum atomic E-state index is 10.0. The zero-order valence-electron chi connectivity index (χ0n) is 11.0. The highest BCUT2D eigenvalue weighted by molar-refractivity contribution is 5.49. The van der Waals surface area contributed by atoms with E-state index in [-0.39, 0.29) is 23.3 Å². The Balaban J connectivity index is 2.51. The Bertz CT molecular complexity index is 480. The average Bonchev–Trinajstić information content (AvgIpc) is 2.28. The van der Waals surface area contributed by atoms with Gasteiger partial charge in [-0.1, -0.05) is 29.9 Å². The first kappa shape index (κ1) is 12.7. The first-order valence-electron chi connectivity index (χ1n) is 6.34. The number of aromatic hydroxyl groups is 2. The minimum Gasteiger partial charge on any atom is -0.508 e. The molecule has 96 valence electrons. The highest BCUT2D eigenvalue weighted by atomic mass is 16.3. The lowest BCUT2D eigenvalue weighted by Gasteiger charge is -2.31. The van der Waals surface area contributed by atoms with Gasteiger partial charge in [0, 0.05) is 11.5 Å². The molecule has 1 aromatic rings. The van der Waals surface area contributed by atoms with Gasteiger partial charge in [-0.3, -0.25) is 0 Å². The van der Waals surface area contributed by atoms with E-state index in [9.17, 15) is 10.2 Å². The molecule has 0 amide bonds. The molecule has 18 heavy (non-hydrogen) atoms. The third-order valence-corrected chi connectivity index (χ3v) is 3.77. The number of hydrogen-bond donors (Lipinski definition) is 2. The van der Waals surface area contributed by atoms with Gasteiger partial charge in [0.25, 0.3) is 0 Å². The standard InChI is InChI=1S/C16H20O2/c1-10(2)12-8-7-11(3)9-13(12)16-14(17)5-4-6-15(16)18/h4-6,9,12-13,17-18H,1,7-8H2,2-3H3/t12-,13+/m0/s1. The normalized spacial score (nSPS) is 23.6. The van der Waals surface area contributed by atoms with Gasteiger partial charge < -0.3 is 10.2 Å². The molecule has 1 aliphatic rings. The molecule has 2 nitrogen and oxygen atoms in total. The highest BCUT2D eigenvalue weighted by Gasteiger charge is 2.29. The van der Waals surface area contributed by atoms with Gasteiger partial charge in [0.15, 0.2) is 0 Å². The molecule has 2 atom stereocenters. The van der Waals surface area contributed by atoms with E-state index in [1.165, 1.54) is 5.57 Å². The minimum absolute atomic E-state index is 0.0254. The molecule has 0 fully saturated rings. The zero-order valence-corrected chi connectivity index (χ0v) is 11.0. The molecule has 2 heteroatoms. The largest absolute Gasteiger partial charge is 0.508 e. The van der Waals surface area contributed by atoms with Crippen molar-refractivity contribution in [3.05, 3.63) is 47.6 Å². The van der Waals surface area contributed by atoms with Crippen LogP contribution in [0.5, 0.6) is 11.5 Å². The van der Waals surface area contributed by atoms with E-state index < -0.39 is 0 Å². The molecule has 0 aromatic heterocycles. The number of hydrogen-bond acceptors (Lipinski definition) is 2. The number of phenols is 2. The molecule has 0 aliphatic heterocycles. The summed E-state index contributed by atoms with van der Waals surface area (Å²) in [5.74, 6) is 0.639. The van der Waals surface area contributed by atoms with E-state index in [0.29, 0.717) is 5.56 Å². The third-order valence-electron chi connectivity index (χ3n) is 3.77. The predicted molar refractivity (Wildman–Crippen MR) is 73.8 cm³/mol. The second-order valence-electron chi connectivity index (χ2n) is 5.24. The van der Waals surface area contributed by atoms with Crippen molar-refractivity contribution in [2.45, 2.75) is 32.6 Å². The van der Waals surface area contributed by atoms with Crippen molar-refractivity contribution in [2.24, 2.45) is 5.92 Å². The third kappa shape index (κ3) is 2.28. The second-order valence-corrected chi connectivity index (χ2v) is 5.24. The summed E-state index contributed by atoms with van der Waals surface area (Å²) >= 11 is 0. The fourth-order valence-electron chi connectivity index (χ4n) is 2.79. The fourth-order valence-corrected chi connectivity index (χ4v) is 2.79. The highest BCUT2D eigenvalue weighted by Crippen LogP contribution is 2.45. The van der Waals surface area contributed by atoms with E-state index in [2.05, 4.69) is 19.6 Å². The summed E-state index contributed by atoms with van der Waals surface area (Å²) in [7, 11) is 0. The van der Waals surface area contributed by atoms with Gasteiger partial charge >= 0.3 is 0 Å².